The van der Waals surface area contributed by atoms with E-state index in [0.717, 1.165) is 23.2 Å². The van der Waals surface area contributed by atoms with Crippen LogP contribution in [-0.4, -0.2) is 15.2 Å². The lowest BCUT2D eigenvalue weighted by molar-refractivity contribution is -0.137. The van der Waals surface area contributed by atoms with Gasteiger partial charge in [0.25, 0.3) is 0 Å². The minimum Gasteiger partial charge on any atom is -0.398 e. The molecule has 0 saturated heterocycles. The molecule has 108 valence electrons. The van der Waals surface area contributed by atoms with Gasteiger partial charge in [0.2, 0.25) is 0 Å². The van der Waals surface area contributed by atoms with Crippen molar-refractivity contribution in [1.82, 2.24) is 15.2 Å². The number of nitrogen functional groups attached to an aromatic ring is 1. The molecular weight excluding hydrogens is 301 g/mol. The predicted molar refractivity (Wildman–Crippen MR) is 73.9 cm³/mol. The largest absolute Gasteiger partial charge is 0.417 e. The van der Waals surface area contributed by atoms with Crippen molar-refractivity contribution in [2.75, 3.05) is 5.73 Å². The summed E-state index contributed by atoms with van der Waals surface area (Å²) in [6.07, 6.45) is -1.92. The second kappa shape index (κ2) is 4.96. The third-order valence-electron chi connectivity index (χ3n) is 2.85. The topological polar surface area (TPSA) is 67.6 Å². The van der Waals surface area contributed by atoms with E-state index in [-0.39, 0.29) is 0 Å². The lowest BCUT2D eigenvalue weighted by Crippen LogP contribution is -2.05. The highest BCUT2D eigenvalue weighted by Crippen LogP contribution is 2.35. The van der Waals surface area contributed by atoms with Gasteiger partial charge in [-0.2, -0.15) is 18.3 Å². The number of halogens is 3. The van der Waals surface area contributed by atoms with Crippen LogP contribution < -0.4 is 5.73 Å². The van der Waals surface area contributed by atoms with Gasteiger partial charge in [0, 0.05) is 22.2 Å². The van der Waals surface area contributed by atoms with E-state index in [9.17, 15) is 13.2 Å². The zero-order valence-corrected chi connectivity index (χ0v) is 11.3. The number of nitrogens with zero attached hydrogens (tertiary/aromatic N) is 2. The average Bonchev–Trinajstić information content (AvgIpc) is 2.86. The Balaban J connectivity index is 1.89. The van der Waals surface area contributed by atoms with E-state index in [0.29, 0.717) is 15.6 Å². The molecule has 0 atom stereocenters. The van der Waals surface area contributed by atoms with Crippen LogP contribution in [0.25, 0.3) is 10.9 Å². The first-order chi connectivity index (χ1) is 9.93. The fourth-order valence-corrected chi connectivity index (χ4v) is 2.62. The van der Waals surface area contributed by atoms with E-state index in [4.69, 9.17) is 5.73 Å². The van der Waals surface area contributed by atoms with Crippen molar-refractivity contribution in [3.63, 3.8) is 0 Å². The molecule has 2 aromatic heterocycles. The Labute approximate surface area is 121 Å². The number of aromatic nitrogens is 3. The lowest BCUT2D eigenvalue weighted by atomic mass is 10.2. The van der Waals surface area contributed by atoms with Gasteiger partial charge in [0.1, 0.15) is 5.03 Å². The molecule has 0 aliphatic rings. The number of H-pyrrole nitrogens is 1. The number of rotatable bonds is 2. The summed E-state index contributed by atoms with van der Waals surface area (Å²) in [5, 5.41) is 8.02. The van der Waals surface area contributed by atoms with E-state index in [2.05, 4.69) is 15.2 Å². The second-order valence-corrected chi connectivity index (χ2v) is 5.39. The average molecular weight is 310 g/mol. The monoisotopic (exact) mass is 310 g/mol. The molecule has 0 fully saturated rings. The predicted octanol–water partition coefficient (Wildman–Crippen LogP) is 3.71. The lowest BCUT2D eigenvalue weighted by Gasteiger charge is -2.08. The molecule has 8 heteroatoms. The fourth-order valence-electron chi connectivity index (χ4n) is 1.80. The zero-order chi connectivity index (χ0) is 15.0. The van der Waals surface area contributed by atoms with E-state index in [1.54, 1.807) is 18.3 Å². The van der Waals surface area contributed by atoms with Crippen molar-refractivity contribution < 1.29 is 13.2 Å². The van der Waals surface area contributed by atoms with Crippen LogP contribution in [0.15, 0.2) is 46.6 Å². The van der Waals surface area contributed by atoms with E-state index in [1.807, 2.05) is 0 Å². The van der Waals surface area contributed by atoms with Crippen LogP contribution in [0.3, 0.4) is 0 Å². The summed E-state index contributed by atoms with van der Waals surface area (Å²) in [5.41, 5.74) is 6.48. The maximum Gasteiger partial charge on any atom is 0.417 e. The molecule has 1 aromatic carbocycles. The molecule has 3 aromatic rings. The molecule has 4 nitrogen and oxygen atoms in total. The summed E-state index contributed by atoms with van der Waals surface area (Å²) < 4.78 is 37.4. The van der Waals surface area contributed by atoms with Gasteiger partial charge in [0.15, 0.2) is 0 Å². The molecule has 3 N–H and O–H groups in total. The van der Waals surface area contributed by atoms with Gasteiger partial charge < -0.3 is 5.73 Å². The molecule has 21 heavy (non-hydrogen) atoms. The van der Waals surface area contributed by atoms with Gasteiger partial charge in [-0.05, 0) is 24.3 Å². The number of anilines is 1. The Morgan fingerprint density at radius 1 is 1.14 bits per heavy atom. The summed E-state index contributed by atoms with van der Waals surface area (Å²) in [4.78, 5) is 4.52. The summed E-state index contributed by atoms with van der Waals surface area (Å²) in [6, 6.07) is 5.87. The zero-order valence-electron chi connectivity index (χ0n) is 10.5. The quantitative estimate of drug-likeness (QED) is 0.708. The van der Waals surface area contributed by atoms with Gasteiger partial charge in [-0.3, -0.25) is 5.10 Å². The number of hydrogen-bond donors (Lipinski definition) is 2. The number of nitrogens with two attached hydrogens (primary N) is 1. The minimum atomic E-state index is -4.38. The Hall–Kier alpha value is -2.22. The van der Waals surface area contributed by atoms with Crippen LogP contribution >= 0.6 is 11.8 Å². The molecule has 2 heterocycles. The Kier molecular flexibility index (Phi) is 3.25. The van der Waals surface area contributed by atoms with E-state index in [1.165, 1.54) is 17.8 Å². The first-order valence-electron chi connectivity index (χ1n) is 5.87. The third kappa shape index (κ3) is 2.80. The molecule has 0 radical (unpaired) electrons. The highest BCUT2D eigenvalue weighted by atomic mass is 32.2. The number of aromatic amines is 1. The minimum absolute atomic E-state index is 0.438. The molecule has 3 rings (SSSR count). The highest BCUT2D eigenvalue weighted by Gasteiger charge is 2.30. The summed E-state index contributed by atoms with van der Waals surface area (Å²) in [5.74, 6) is 0. The third-order valence-corrected chi connectivity index (χ3v) is 3.87. The van der Waals surface area contributed by atoms with Crippen molar-refractivity contribution in [1.29, 1.82) is 0 Å². The van der Waals surface area contributed by atoms with Gasteiger partial charge in [-0.15, -0.1) is 0 Å². The van der Waals surface area contributed by atoms with Gasteiger partial charge in [0.05, 0.1) is 17.3 Å². The Morgan fingerprint density at radius 3 is 2.62 bits per heavy atom. The normalized spacial score (nSPS) is 12.0. The van der Waals surface area contributed by atoms with Gasteiger partial charge in [-0.25, -0.2) is 4.98 Å². The smallest absolute Gasteiger partial charge is 0.398 e. The van der Waals surface area contributed by atoms with Gasteiger partial charge >= 0.3 is 6.18 Å². The molecule has 0 aliphatic carbocycles. The van der Waals surface area contributed by atoms with Crippen molar-refractivity contribution >= 4 is 28.4 Å². The Morgan fingerprint density at radius 2 is 1.95 bits per heavy atom. The molecular formula is C13H9F3N4S. The number of fused-ring (bicyclic) bond motifs is 1. The summed E-state index contributed by atoms with van der Waals surface area (Å²) >= 11 is 1.20. The molecule has 0 spiro atoms. The van der Waals surface area contributed by atoms with Gasteiger partial charge in [-0.1, -0.05) is 11.8 Å². The van der Waals surface area contributed by atoms with Crippen molar-refractivity contribution in [2.45, 2.75) is 16.1 Å². The first-order valence-corrected chi connectivity index (χ1v) is 6.69. The second-order valence-electron chi connectivity index (χ2n) is 4.33. The van der Waals surface area contributed by atoms with Crippen LogP contribution in [0.4, 0.5) is 18.9 Å². The van der Waals surface area contributed by atoms with Crippen LogP contribution in [0.2, 0.25) is 0 Å². The highest BCUT2D eigenvalue weighted by molar-refractivity contribution is 7.99. The number of benzene rings is 1. The molecule has 0 aliphatic heterocycles. The number of pyridine rings is 1. The maximum atomic E-state index is 12.5. The standard InChI is InChI=1S/C13H9F3N4S/c14-13(15,16)8-1-2-12(18-6-8)21-11-4-10-7(3-9(11)17)5-19-20-10/h1-6H,17H2,(H,19,20). The van der Waals surface area contributed by atoms with E-state index < -0.39 is 11.7 Å². The molecule has 0 unspecified atom stereocenters. The fraction of sp³-hybridized carbons (Fsp3) is 0.0769. The maximum absolute atomic E-state index is 12.5. The number of nitrogens with one attached hydrogen (secondary N) is 1. The Bertz CT molecular complexity index is 780. The van der Waals surface area contributed by atoms with Crippen LogP contribution in [0, 0.1) is 0 Å². The van der Waals surface area contributed by atoms with Crippen LogP contribution in [-0.2, 0) is 6.18 Å². The summed E-state index contributed by atoms with van der Waals surface area (Å²) in [6.45, 7) is 0. The number of alkyl halides is 3. The van der Waals surface area contributed by atoms with E-state index >= 15 is 0 Å². The van der Waals surface area contributed by atoms with Crippen molar-refractivity contribution in [3.8, 4) is 0 Å². The first kappa shape index (κ1) is 13.7. The van der Waals surface area contributed by atoms with Crippen molar-refractivity contribution in [3.05, 3.63) is 42.2 Å². The number of hydrogen-bond acceptors (Lipinski definition) is 4. The van der Waals surface area contributed by atoms with Crippen LogP contribution in [0.1, 0.15) is 5.56 Å². The SMILES string of the molecule is Nc1cc2cn[nH]c2cc1Sc1ccc(C(F)(F)F)cn1. The molecule has 0 bridgehead atoms. The van der Waals surface area contributed by atoms with Crippen LogP contribution in [0.5, 0.6) is 0 Å². The van der Waals surface area contributed by atoms with Crippen molar-refractivity contribution in [2.24, 2.45) is 0 Å². The molecule has 0 amide bonds. The summed E-state index contributed by atoms with van der Waals surface area (Å²) in [7, 11) is 0. The molecule has 0 saturated carbocycles.